The molecule has 1 aromatic heterocycles. The summed E-state index contributed by atoms with van der Waals surface area (Å²) in [6.07, 6.45) is 5.05. The molecule has 2 heterocycles. The van der Waals surface area contributed by atoms with E-state index < -0.39 is 0 Å². The number of nitrogens with one attached hydrogen (secondary N) is 1. The van der Waals surface area contributed by atoms with Gasteiger partial charge in [0.05, 0.1) is 0 Å². The molecule has 3 rings (SSSR count). The molecule has 1 aliphatic heterocycles. The van der Waals surface area contributed by atoms with Crippen LogP contribution < -0.4 is 10.2 Å². The van der Waals surface area contributed by atoms with Gasteiger partial charge in [0.15, 0.2) is 0 Å². The van der Waals surface area contributed by atoms with Gasteiger partial charge in [-0.25, -0.2) is 0 Å². The normalized spacial score (nSPS) is 23.8. The van der Waals surface area contributed by atoms with Crippen LogP contribution in [0.15, 0.2) is 36.7 Å². The predicted molar refractivity (Wildman–Crippen MR) is 80.6 cm³/mol. The highest BCUT2D eigenvalue weighted by atomic mass is 15.2. The van der Waals surface area contributed by atoms with Crippen LogP contribution in [0, 0.1) is 5.92 Å². The SMILES string of the molecule is CNC1CCN(c2cccc3ccncc23)CC1C. The lowest BCUT2D eigenvalue weighted by molar-refractivity contribution is 0.339. The van der Waals surface area contributed by atoms with Crippen LogP contribution in [0.4, 0.5) is 5.69 Å². The molecule has 1 N–H and O–H groups in total. The molecule has 1 saturated heterocycles. The maximum atomic E-state index is 4.28. The van der Waals surface area contributed by atoms with Gasteiger partial charge in [0, 0.05) is 42.6 Å². The van der Waals surface area contributed by atoms with Gasteiger partial charge < -0.3 is 10.2 Å². The van der Waals surface area contributed by atoms with Crippen LogP contribution >= 0.6 is 0 Å². The van der Waals surface area contributed by atoms with Crippen LogP contribution in [-0.4, -0.2) is 31.2 Å². The van der Waals surface area contributed by atoms with E-state index in [1.165, 1.54) is 22.9 Å². The Kier molecular flexibility index (Phi) is 3.38. The highest BCUT2D eigenvalue weighted by Crippen LogP contribution is 2.29. The molecule has 2 aromatic rings. The predicted octanol–water partition coefficient (Wildman–Crippen LogP) is 2.67. The summed E-state index contributed by atoms with van der Waals surface area (Å²) < 4.78 is 0. The number of fused-ring (bicyclic) bond motifs is 1. The molecule has 0 spiro atoms. The van der Waals surface area contributed by atoms with E-state index in [9.17, 15) is 0 Å². The number of anilines is 1. The second kappa shape index (κ2) is 5.17. The number of aromatic nitrogens is 1. The van der Waals surface area contributed by atoms with Gasteiger partial charge in [-0.1, -0.05) is 19.1 Å². The summed E-state index contributed by atoms with van der Waals surface area (Å²) in [5, 5.41) is 5.96. The number of benzene rings is 1. The van der Waals surface area contributed by atoms with Crippen molar-refractivity contribution in [3.05, 3.63) is 36.7 Å². The van der Waals surface area contributed by atoms with E-state index in [-0.39, 0.29) is 0 Å². The van der Waals surface area contributed by atoms with Crippen molar-refractivity contribution in [2.75, 3.05) is 25.0 Å². The maximum absolute atomic E-state index is 4.28. The van der Waals surface area contributed by atoms with Gasteiger partial charge >= 0.3 is 0 Å². The lowest BCUT2D eigenvalue weighted by Gasteiger charge is -2.38. The highest BCUT2D eigenvalue weighted by Gasteiger charge is 2.25. The number of hydrogen-bond donors (Lipinski definition) is 1. The quantitative estimate of drug-likeness (QED) is 0.894. The number of rotatable bonds is 2. The van der Waals surface area contributed by atoms with Crippen molar-refractivity contribution >= 4 is 16.5 Å². The maximum Gasteiger partial charge on any atom is 0.0461 e. The molecule has 2 unspecified atom stereocenters. The Balaban J connectivity index is 1.93. The minimum atomic E-state index is 0.643. The molecule has 0 amide bonds. The molecule has 3 nitrogen and oxygen atoms in total. The van der Waals surface area contributed by atoms with E-state index in [4.69, 9.17) is 0 Å². The lowest BCUT2D eigenvalue weighted by Crippen LogP contribution is -2.47. The Morgan fingerprint density at radius 2 is 2.21 bits per heavy atom. The first-order valence-corrected chi connectivity index (χ1v) is 7.04. The minimum absolute atomic E-state index is 0.643. The summed E-state index contributed by atoms with van der Waals surface area (Å²) in [5.74, 6) is 0.672. The van der Waals surface area contributed by atoms with Crippen LogP contribution in [0.3, 0.4) is 0 Å². The van der Waals surface area contributed by atoms with Crippen molar-refractivity contribution in [3.8, 4) is 0 Å². The van der Waals surface area contributed by atoms with E-state index in [0.29, 0.717) is 12.0 Å². The summed E-state index contributed by atoms with van der Waals surface area (Å²) in [4.78, 5) is 6.78. The topological polar surface area (TPSA) is 28.2 Å². The van der Waals surface area contributed by atoms with Crippen molar-refractivity contribution in [3.63, 3.8) is 0 Å². The molecule has 0 aliphatic carbocycles. The third-order valence-corrected chi connectivity index (χ3v) is 4.28. The third kappa shape index (κ3) is 2.30. The van der Waals surface area contributed by atoms with Crippen molar-refractivity contribution in [1.82, 2.24) is 10.3 Å². The van der Waals surface area contributed by atoms with Gasteiger partial charge in [-0.2, -0.15) is 0 Å². The Labute approximate surface area is 114 Å². The van der Waals surface area contributed by atoms with Crippen molar-refractivity contribution in [2.24, 2.45) is 5.92 Å². The zero-order chi connectivity index (χ0) is 13.2. The van der Waals surface area contributed by atoms with E-state index in [1.54, 1.807) is 0 Å². The molecule has 0 radical (unpaired) electrons. The van der Waals surface area contributed by atoms with E-state index >= 15 is 0 Å². The summed E-state index contributed by atoms with van der Waals surface area (Å²) in [5.41, 5.74) is 1.33. The number of nitrogens with zero attached hydrogens (tertiary/aromatic N) is 2. The fourth-order valence-corrected chi connectivity index (χ4v) is 3.17. The summed E-state index contributed by atoms with van der Waals surface area (Å²) in [6.45, 7) is 4.56. The molecule has 19 heavy (non-hydrogen) atoms. The number of pyridine rings is 1. The standard InChI is InChI=1S/C16H21N3/c1-12-11-19(9-7-15(12)17-2)16-5-3-4-13-6-8-18-10-14(13)16/h3-6,8,10,12,15,17H,7,9,11H2,1-2H3. The Morgan fingerprint density at radius 3 is 3.00 bits per heavy atom. The fraction of sp³-hybridized carbons (Fsp3) is 0.438. The van der Waals surface area contributed by atoms with E-state index in [0.717, 1.165) is 13.1 Å². The number of piperidine rings is 1. The molecule has 0 saturated carbocycles. The highest BCUT2D eigenvalue weighted by molar-refractivity contribution is 5.93. The summed E-state index contributed by atoms with van der Waals surface area (Å²) in [7, 11) is 2.07. The first-order valence-electron chi connectivity index (χ1n) is 7.04. The molecule has 1 fully saturated rings. The van der Waals surface area contributed by atoms with Crippen LogP contribution in [-0.2, 0) is 0 Å². The van der Waals surface area contributed by atoms with Gasteiger partial charge in [-0.3, -0.25) is 4.98 Å². The van der Waals surface area contributed by atoms with E-state index in [2.05, 4.69) is 53.4 Å². The average Bonchev–Trinajstić information content (AvgIpc) is 2.46. The second-order valence-electron chi connectivity index (χ2n) is 5.48. The molecule has 3 heteroatoms. The van der Waals surface area contributed by atoms with Crippen LogP contribution in [0.5, 0.6) is 0 Å². The first-order chi connectivity index (χ1) is 9.29. The lowest BCUT2D eigenvalue weighted by atomic mass is 9.93. The smallest absolute Gasteiger partial charge is 0.0461 e. The Hall–Kier alpha value is -1.61. The second-order valence-corrected chi connectivity index (χ2v) is 5.48. The zero-order valence-corrected chi connectivity index (χ0v) is 11.6. The molecular weight excluding hydrogens is 234 g/mol. The molecule has 100 valence electrons. The monoisotopic (exact) mass is 255 g/mol. The Bertz CT molecular complexity index is 561. The zero-order valence-electron chi connectivity index (χ0n) is 11.6. The van der Waals surface area contributed by atoms with Crippen LogP contribution in [0.25, 0.3) is 10.8 Å². The first kappa shape index (κ1) is 12.4. The number of hydrogen-bond acceptors (Lipinski definition) is 3. The molecular formula is C16H21N3. The molecule has 1 aromatic carbocycles. The summed E-state index contributed by atoms with van der Waals surface area (Å²) in [6, 6.07) is 9.25. The fourth-order valence-electron chi connectivity index (χ4n) is 3.17. The van der Waals surface area contributed by atoms with Gasteiger partial charge in [0.1, 0.15) is 0 Å². The molecule has 2 atom stereocenters. The largest absolute Gasteiger partial charge is 0.371 e. The molecule has 1 aliphatic rings. The van der Waals surface area contributed by atoms with Crippen LogP contribution in [0.1, 0.15) is 13.3 Å². The van der Waals surface area contributed by atoms with Gasteiger partial charge in [0.25, 0.3) is 0 Å². The van der Waals surface area contributed by atoms with Crippen molar-refractivity contribution in [2.45, 2.75) is 19.4 Å². The van der Waals surface area contributed by atoms with Gasteiger partial charge in [0.2, 0.25) is 0 Å². The van der Waals surface area contributed by atoms with Crippen LogP contribution in [0.2, 0.25) is 0 Å². The third-order valence-electron chi connectivity index (χ3n) is 4.28. The summed E-state index contributed by atoms with van der Waals surface area (Å²) >= 11 is 0. The average molecular weight is 255 g/mol. The Morgan fingerprint density at radius 1 is 1.32 bits per heavy atom. The minimum Gasteiger partial charge on any atom is -0.371 e. The van der Waals surface area contributed by atoms with Crippen molar-refractivity contribution < 1.29 is 0 Å². The van der Waals surface area contributed by atoms with Gasteiger partial charge in [-0.05, 0) is 36.9 Å². The van der Waals surface area contributed by atoms with Crippen molar-refractivity contribution in [1.29, 1.82) is 0 Å². The van der Waals surface area contributed by atoms with Gasteiger partial charge in [-0.15, -0.1) is 0 Å². The van der Waals surface area contributed by atoms with E-state index in [1.807, 2.05) is 12.4 Å². The molecule has 0 bridgehead atoms.